The zero-order valence-corrected chi connectivity index (χ0v) is 11.3. The lowest BCUT2D eigenvalue weighted by molar-refractivity contribution is -0.385. The predicted octanol–water partition coefficient (Wildman–Crippen LogP) is 1.80. The molecule has 0 aromatic carbocycles. The second-order valence-corrected chi connectivity index (χ2v) is 4.20. The van der Waals surface area contributed by atoms with Gasteiger partial charge in [-0.1, -0.05) is 18.5 Å². The summed E-state index contributed by atoms with van der Waals surface area (Å²) in [6.45, 7) is 2.20. The van der Waals surface area contributed by atoms with Crippen LogP contribution in [-0.4, -0.2) is 35.6 Å². The van der Waals surface area contributed by atoms with Gasteiger partial charge in [-0.3, -0.25) is 14.9 Å². The summed E-state index contributed by atoms with van der Waals surface area (Å²) in [7, 11) is 1.51. The van der Waals surface area contributed by atoms with Crippen LogP contribution < -0.4 is 5.32 Å². The highest BCUT2D eigenvalue weighted by Gasteiger charge is 2.23. The van der Waals surface area contributed by atoms with Crippen LogP contribution in [0.25, 0.3) is 0 Å². The molecule has 1 rings (SSSR count). The smallest absolute Gasteiger partial charge is 0.300 e. The summed E-state index contributed by atoms with van der Waals surface area (Å²) >= 11 is 5.66. The molecule has 1 aromatic heterocycles. The van der Waals surface area contributed by atoms with Crippen molar-refractivity contribution < 1.29 is 14.5 Å². The topological polar surface area (TPSA) is 94.4 Å². The third kappa shape index (κ3) is 4.15. The van der Waals surface area contributed by atoms with E-state index < -0.39 is 10.8 Å². The molecule has 7 nitrogen and oxygen atoms in total. The number of rotatable bonds is 6. The number of methoxy groups -OCH3 is 1. The SMILES string of the molecule is CCC(COC)NC(=O)c1cc(Cl)ncc1[N+](=O)[O-]. The molecule has 0 aliphatic carbocycles. The number of nitro groups is 1. The molecule has 1 unspecified atom stereocenters. The minimum atomic E-state index is -0.671. The van der Waals surface area contributed by atoms with Crippen molar-refractivity contribution in [3.8, 4) is 0 Å². The van der Waals surface area contributed by atoms with E-state index in [1.807, 2.05) is 6.92 Å². The molecule has 0 radical (unpaired) electrons. The minimum absolute atomic E-state index is 0.0236. The van der Waals surface area contributed by atoms with Crippen molar-refractivity contribution in [2.45, 2.75) is 19.4 Å². The van der Waals surface area contributed by atoms with Gasteiger partial charge in [-0.15, -0.1) is 0 Å². The number of hydrogen-bond donors (Lipinski definition) is 1. The first-order chi connectivity index (χ1) is 8.99. The normalized spacial score (nSPS) is 11.9. The Kier molecular flexibility index (Phi) is 5.65. The highest BCUT2D eigenvalue weighted by Crippen LogP contribution is 2.20. The Balaban J connectivity index is 2.98. The largest absolute Gasteiger partial charge is 0.383 e. The Hall–Kier alpha value is -1.73. The summed E-state index contributed by atoms with van der Waals surface area (Å²) in [5, 5.41) is 13.5. The van der Waals surface area contributed by atoms with Gasteiger partial charge in [0.1, 0.15) is 16.9 Å². The van der Waals surface area contributed by atoms with E-state index in [4.69, 9.17) is 16.3 Å². The number of ether oxygens (including phenoxy) is 1. The van der Waals surface area contributed by atoms with Crippen LogP contribution in [0.15, 0.2) is 12.3 Å². The summed E-state index contributed by atoms with van der Waals surface area (Å²) in [4.78, 5) is 25.8. The van der Waals surface area contributed by atoms with Crippen LogP contribution in [0.5, 0.6) is 0 Å². The van der Waals surface area contributed by atoms with E-state index in [1.54, 1.807) is 0 Å². The highest BCUT2D eigenvalue weighted by molar-refractivity contribution is 6.29. The van der Waals surface area contributed by atoms with Crippen molar-refractivity contribution in [1.82, 2.24) is 10.3 Å². The van der Waals surface area contributed by atoms with Crippen molar-refractivity contribution in [3.63, 3.8) is 0 Å². The molecular formula is C11H14ClN3O4. The van der Waals surface area contributed by atoms with Gasteiger partial charge >= 0.3 is 0 Å². The third-order valence-electron chi connectivity index (χ3n) is 2.49. The molecule has 0 aliphatic heterocycles. The first-order valence-corrected chi connectivity index (χ1v) is 5.97. The molecule has 0 fully saturated rings. The predicted molar refractivity (Wildman–Crippen MR) is 69.3 cm³/mol. The maximum Gasteiger partial charge on any atom is 0.300 e. The maximum absolute atomic E-state index is 12.0. The molecule has 1 heterocycles. The Morgan fingerprint density at radius 2 is 2.37 bits per heavy atom. The van der Waals surface area contributed by atoms with Gasteiger partial charge in [-0.2, -0.15) is 0 Å². The van der Waals surface area contributed by atoms with Crippen molar-refractivity contribution >= 4 is 23.2 Å². The van der Waals surface area contributed by atoms with Gasteiger partial charge < -0.3 is 10.1 Å². The number of nitrogens with one attached hydrogen (secondary N) is 1. The van der Waals surface area contributed by atoms with E-state index in [1.165, 1.54) is 13.2 Å². The van der Waals surface area contributed by atoms with Crippen molar-refractivity contribution in [2.75, 3.05) is 13.7 Å². The van der Waals surface area contributed by atoms with Crippen LogP contribution in [0, 0.1) is 10.1 Å². The summed E-state index contributed by atoms with van der Waals surface area (Å²) in [6, 6.07) is 0.957. The third-order valence-corrected chi connectivity index (χ3v) is 2.69. The average Bonchev–Trinajstić information content (AvgIpc) is 2.37. The molecule has 19 heavy (non-hydrogen) atoms. The standard InChI is InChI=1S/C11H14ClN3O4/c1-3-7(6-19-2)14-11(16)8-4-10(12)13-5-9(8)15(17)18/h4-5,7H,3,6H2,1-2H3,(H,14,16). The zero-order chi connectivity index (χ0) is 14.4. The lowest BCUT2D eigenvalue weighted by Gasteiger charge is -2.15. The fourth-order valence-corrected chi connectivity index (χ4v) is 1.63. The molecule has 1 aromatic rings. The fraction of sp³-hybridized carbons (Fsp3) is 0.455. The van der Waals surface area contributed by atoms with Gasteiger partial charge in [0.2, 0.25) is 0 Å². The molecule has 1 amide bonds. The van der Waals surface area contributed by atoms with Crippen LogP contribution in [0.3, 0.4) is 0 Å². The molecule has 1 atom stereocenters. The quantitative estimate of drug-likeness (QED) is 0.489. The van der Waals surface area contributed by atoms with Gasteiger partial charge in [0.05, 0.1) is 17.6 Å². The van der Waals surface area contributed by atoms with Crippen molar-refractivity contribution in [3.05, 3.63) is 33.1 Å². The van der Waals surface area contributed by atoms with Gasteiger partial charge in [-0.25, -0.2) is 4.98 Å². The molecule has 0 spiro atoms. The number of pyridine rings is 1. The van der Waals surface area contributed by atoms with Gasteiger partial charge in [0.15, 0.2) is 0 Å². The Morgan fingerprint density at radius 1 is 1.68 bits per heavy atom. The van der Waals surface area contributed by atoms with Gasteiger partial charge in [0, 0.05) is 7.11 Å². The molecule has 0 bridgehead atoms. The van der Waals surface area contributed by atoms with E-state index in [2.05, 4.69) is 10.3 Å². The number of amides is 1. The number of nitrogens with zero attached hydrogens (tertiary/aromatic N) is 2. The van der Waals surface area contributed by atoms with E-state index in [9.17, 15) is 14.9 Å². The lowest BCUT2D eigenvalue weighted by atomic mass is 10.2. The summed E-state index contributed by atoms with van der Waals surface area (Å²) in [5.74, 6) is -0.570. The van der Waals surface area contributed by atoms with Crippen molar-refractivity contribution in [2.24, 2.45) is 0 Å². The zero-order valence-electron chi connectivity index (χ0n) is 10.6. The van der Waals surface area contributed by atoms with Crippen molar-refractivity contribution in [1.29, 1.82) is 0 Å². The van der Waals surface area contributed by atoms with E-state index in [0.29, 0.717) is 13.0 Å². The molecule has 0 saturated carbocycles. The van der Waals surface area contributed by atoms with E-state index >= 15 is 0 Å². The first kappa shape index (κ1) is 15.3. The molecule has 1 N–H and O–H groups in total. The van der Waals surface area contributed by atoms with Crippen LogP contribution in [0.4, 0.5) is 5.69 Å². The van der Waals surface area contributed by atoms with Gasteiger partial charge in [-0.05, 0) is 12.5 Å². The molecule has 8 heteroatoms. The Labute approximate surface area is 115 Å². The van der Waals surface area contributed by atoms with Crippen LogP contribution in [-0.2, 0) is 4.74 Å². The number of carbonyl (C=O) groups excluding carboxylic acids is 1. The summed E-state index contributed by atoms with van der Waals surface area (Å²) in [6.07, 6.45) is 1.61. The fourth-order valence-electron chi connectivity index (χ4n) is 1.48. The number of carbonyl (C=O) groups is 1. The Bertz CT molecular complexity index is 481. The maximum atomic E-state index is 12.0. The lowest BCUT2D eigenvalue weighted by Crippen LogP contribution is -2.37. The highest BCUT2D eigenvalue weighted by atomic mass is 35.5. The molecule has 0 aliphatic rings. The molecule has 104 valence electrons. The summed E-state index contributed by atoms with van der Waals surface area (Å²) in [5.41, 5.74) is -0.492. The average molecular weight is 288 g/mol. The van der Waals surface area contributed by atoms with Gasteiger partial charge in [0.25, 0.3) is 11.6 Å². The molecular weight excluding hydrogens is 274 g/mol. The number of hydrogen-bond acceptors (Lipinski definition) is 5. The number of aromatic nitrogens is 1. The monoisotopic (exact) mass is 287 g/mol. The Morgan fingerprint density at radius 3 is 2.89 bits per heavy atom. The van der Waals surface area contributed by atoms with E-state index in [0.717, 1.165) is 6.20 Å². The second kappa shape index (κ2) is 7.01. The van der Waals surface area contributed by atoms with E-state index in [-0.39, 0.29) is 22.4 Å². The van der Waals surface area contributed by atoms with Crippen LogP contribution >= 0.6 is 11.6 Å². The molecule has 0 saturated heterocycles. The van der Waals surface area contributed by atoms with Crippen LogP contribution in [0.2, 0.25) is 5.15 Å². The number of halogens is 1. The second-order valence-electron chi connectivity index (χ2n) is 3.82. The minimum Gasteiger partial charge on any atom is -0.383 e. The first-order valence-electron chi connectivity index (χ1n) is 5.59. The summed E-state index contributed by atoms with van der Waals surface area (Å²) < 4.78 is 4.95. The van der Waals surface area contributed by atoms with Crippen LogP contribution in [0.1, 0.15) is 23.7 Å².